The zero-order chi connectivity index (χ0) is 39.6. The number of fused-ring (bicyclic) bond motifs is 8. The number of hydrogen-bond donors (Lipinski definition) is 0. The van der Waals surface area contributed by atoms with Crippen molar-refractivity contribution < 1.29 is 8.83 Å². The fourth-order valence-electron chi connectivity index (χ4n) is 8.57. The van der Waals surface area contributed by atoms with Gasteiger partial charge in [0.05, 0.1) is 22.5 Å². The normalized spacial score (nSPS) is 11.7. The molecule has 60 heavy (non-hydrogen) atoms. The van der Waals surface area contributed by atoms with Gasteiger partial charge in [-0.3, -0.25) is 0 Å². The maximum absolute atomic E-state index is 6.37. The Morgan fingerprint density at radius 2 is 0.833 bits per heavy atom. The third-order valence-corrected chi connectivity index (χ3v) is 11.6. The number of para-hydroxylation sites is 3. The van der Waals surface area contributed by atoms with Gasteiger partial charge in [0, 0.05) is 49.4 Å². The van der Waals surface area contributed by atoms with Crippen LogP contribution >= 0.6 is 0 Å². The molecule has 0 unspecified atom stereocenters. The van der Waals surface area contributed by atoms with E-state index in [9.17, 15) is 0 Å². The molecule has 0 radical (unpaired) electrons. The van der Waals surface area contributed by atoms with Gasteiger partial charge in [0.25, 0.3) is 0 Å². The van der Waals surface area contributed by atoms with Crippen molar-refractivity contribution in [2.75, 3.05) is 0 Å². The predicted molar refractivity (Wildman–Crippen MR) is 245 cm³/mol. The Morgan fingerprint density at radius 1 is 0.317 bits per heavy atom. The molecule has 12 aromatic rings. The Kier molecular flexibility index (Phi) is 7.78. The van der Waals surface area contributed by atoms with E-state index in [0.29, 0.717) is 11.5 Å². The first kappa shape index (κ1) is 33.9. The number of pyridine rings is 1. The number of benzene rings is 8. The molecule has 0 aliphatic carbocycles. The third-order valence-electron chi connectivity index (χ3n) is 11.6. The second kappa shape index (κ2) is 13.8. The lowest BCUT2D eigenvalue weighted by atomic mass is 9.98. The zero-order valence-corrected chi connectivity index (χ0v) is 32.2. The van der Waals surface area contributed by atoms with Crippen molar-refractivity contribution in [1.82, 2.24) is 15.0 Å². The Bertz CT molecular complexity index is 3570. The first-order valence-corrected chi connectivity index (χ1v) is 20.1. The minimum absolute atomic E-state index is 0.637. The largest absolute Gasteiger partial charge is 0.455 e. The summed E-state index contributed by atoms with van der Waals surface area (Å²) in [6.45, 7) is 0. The summed E-state index contributed by atoms with van der Waals surface area (Å²) in [6.07, 6.45) is 0. The van der Waals surface area contributed by atoms with Crippen molar-refractivity contribution >= 4 is 54.8 Å². The molecule has 0 aliphatic rings. The molecule has 0 amide bonds. The second-order valence-electron chi connectivity index (χ2n) is 15.1. The zero-order valence-electron chi connectivity index (χ0n) is 32.2. The van der Waals surface area contributed by atoms with Crippen molar-refractivity contribution in [3.05, 3.63) is 200 Å². The highest BCUT2D eigenvalue weighted by Gasteiger charge is 2.18. The van der Waals surface area contributed by atoms with Crippen molar-refractivity contribution in [2.24, 2.45) is 0 Å². The molecule has 4 aromatic heterocycles. The van der Waals surface area contributed by atoms with E-state index in [1.165, 1.54) is 5.56 Å². The predicted octanol–water partition coefficient (Wildman–Crippen LogP) is 14.8. The van der Waals surface area contributed by atoms with Gasteiger partial charge < -0.3 is 8.83 Å². The minimum Gasteiger partial charge on any atom is -0.455 e. The average Bonchev–Trinajstić information content (AvgIpc) is 3.90. The van der Waals surface area contributed by atoms with Gasteiger partial charge in [-0.15, -0.1) is 0 Å². The van der Waals surface area contributed by atoms with E-state index in [1.807, 2.05) is 36.4 Å². The number of hydrogen-bond acceptors (Lipinski definition) is 5. The highest BCUT2D eigenvalue weighted by molar-refractivity contribution is 6.20. The summed E-state index contributed by atoms with van der Waals surface area (Å²) < 4.78 is 12.7. The van der Waals surface area contributed by atoms with Crippen LogP contribution in [-0.4, -0.2) is 15.0 Å². The Morgan fingerprint density at radius 3 is 1.55 bits per heavy atom. The molecule has 0 atom stereocenters. The van der Waals surface area contributed by atoms with Crippen molar-refractivity contribution in [3.63, 3.8) is 0 Å². The van der Waals surface area contributed by atoms with Crippen LogP contribution in [0.2, 0.25) is 0 Å². The lowest BCUT2D eigenvalue weighted by molar-refractivity contribution is 0.655. The molecule has 0 fully saturated rings. The van der Waals surface area contributed by atoms with Crippen LogP contribution in [0.5, 0.6) is 0 Å². The monoisotopic (exact) mass is 767 g/mol. The molecule has 280 valence electrons. The first-order chi connectivity index (χ1) is 29.7. The van der Waals surface area contributed by atoms with Crippen molar-refractivity contribution in [1.29, 1.82) is 0 Å². The smallest absolute Gasteiger partial charge is 0.228 e. The summed E-state index contributed by atoms with van der Waals surface area (Å²) in [4.78, 5) is 15.5. The molecule has 5 heteroatoms. The summed E-state index contributed by atoms with van der Waals surface area (Å²) in [5.74, 6) is 0.648. The molecule has 0 aliphatic heterocycles. The van der Waals surface area contributed by atoms with Gasteiger partial charge >= 0.3 is 0 Å². The Labute approximate surface area is 344 Å². The van der Waals surface area contributed by atoms with Crippen LogP contribution in [0.15, 0.2) is 209 Å². The summed E-state index contributed by atoms with van der Waals surface area (Å²) in [5, 5.41) is 6.53. The standard InChI is InChI=1S/C55H33N3O2/c1-2-11-34(12-3-1)35-21-25-37(26-22-35)47-33-48(57-54(56-47)40-31-23-36(24-32-40)41-17-10-18-45-42-13-6-8-19-49(42)59-53(41)45)38-27-29-39(30-28-38)52-44-15-5-4-14-43(44)51-46-16-7-9-20-50(46)60-55(51)58-52/h1-33H. The van der Waals surface area contributed by atoms with E-state index in [-0.39, 0.29) is 0 Å². The quantitative estimate of drug-likeness (QED) is 0.169. The van der Waals surface area contributed by atoms with Crippen LogP contribution in [-0.2, 0) is 0 Å². The van der Waals surface area contributed by atoms with Crippen LogP contribution in [0.3, 0.4) is 0 Å². The Balaban J connectivity index is 0.952. The number of aromatic nitrogens is 3. The molecule has 0 bridgehead atoms. The topological polar surface area (TPSA) is 65.0 Å². The molecule has 0 spiro atoms. The van der Waals surface area contributed by atoms with E-state index in [0.717, 1.165) is 105 Å². The van der Waals surface area contributed by atoms with Gasteiger partial charge in [-0.2, -0.15) is 0 Å². The molecule has 4 heterocycles. The van der Waals surface area contributed by atoms with Crippen LogP contribution in [0.1, 0.15) is 0 Å². The van der Waals surface area contributed by atoms with Gasteiger partial charge in [-0.05, 0) is 40.3 Å². The van der Waals surface area contributed by atoms with E-state index < -0.39 is 0 Å². The van der Waals surface area contributed by atoms with Crippen LogP contribution in [0, 0.1) is 0 Å². The van der Waals surface area contributed by atoms with Gasteiger partial charge in [-0.25, -0.2) is 15.0 Å². The van der Waals surface area contributed by atoms with E-state index >= 15 is 0 Å². The molecule has 5 nitrogen and oxygen atoms in total. The molecular weight excluding hydrogens is 735 g/mol. The maximum Gasteiger partial charge on any atom is 0.228 e. The molecule has 12 rings (SSSR count). The fourth-order valence-corrected chi connectivity index (χ4v) is 8.57. The van der Waals surface area contributed by atoms with Crippen LogP contribution in [0.4, 0.5) is 0 Å². The van der Waals surface area contributed by atoms with Crippen LogP contribution in [0.25, 0.3) is 122 Å². The fraction of sp³-hybridized carbons (Fsp3) is 0. The summed E-state index contributed by atoms with van der Waals surface area (Å²) in [6, 6.07) is 69.2. The number of furan rings is 2. The molecule has 8 aromatic carbocycles. The lowest BCUT2D eigenvalue weighted by Gasteiger charge is -2.12. The number of nitrogens with zero attached hydrogens (tertiary/aromatic N) is 3. The minimum atomic E-state index is 0.637. The third kappa shape index (κ3) is 5.67. The maximum atomic E-state index is 6.37. The SMILES string of the molecule is c1ccc(-c2ccc(-c3cc(-c4ccc(-c5nc6oc7ccccc7c6c6ccccc56)cc4)nc(-c4ccc(-c5cccc6c5oc5ccccc56)cc4)n3)cc2)cc1. The average molecular weight is 768 g/mol. The van der Waals surface area contributed by atoms with Gasteiger partial charge in [0.1, 0.15) is 16.7 Å². The summed E-state index contributed by atoms with van der Waals surface area (Å²) >= 11 is 0. The lowest BCUT2D eigenvalue weighted by Crippen LogP contribution is -1.96. The highest BCUT2D eigenvalue weighted by atomic mass is 16.3. The van der Waals surface area contributed by atoms with Gasteiger partial charge in [0.2, 0.25) is 5.71 Å². The van der Waals surface area contributed by atoms with E-state index in [1.54, 1.807) is 0 Å². The highest BCUT2D eigenvalue weighted by Crippen LogP contribution is 2.40. The van der Waals surface area contributed by atoms with Crippen molar-refractivity contribution in [2.45, 2.75) is 0 Å². The van der Waals surface area contributed by atoms with E-state index in [2.05, 4.69) is 164 Å². The van der Waals surface area contributed by atoms with Gasteiger partial charge in [0.15, 0.2) is 5.82 Å². The summed E-state index contributed by atoms with van der Waals surface area (Å²) in [7, 11) is 0. The second-order valence-corrected chi connectivity index (χ2v) is 15.1. The van der Waals surface area contributed by atoms with Gasteiger partial charge in [-0.1, -0.05) is 182 Å². The first-order valence-electron chi connectivity index (χ1n) is 20.1. The molecule has 0 saturated heterocycles. The molecule has 0 saturated carbocycles. The number of rotatable bonds is 6. The molecular formula is C55H33N3O2. The Hall–Kier alpha value is -8.15. The van der Waals surface area contributed by atoms with Crippen LogP contribution < -0.4 is 0 Å². The summed E-state index contributed by atoms with van der Waals surface area (Å²) in [5.41, 5.74) is 14.1. The van der Waals surface area contributed by atoms with Crippen molar-refractivity contribution in [3.8, 4) is 67.4 Å². The van der Waals surface area contributed by atoms with E-state index in [4.69, 9.17) is 23.8 Å². The molecule has 0 N–H and O–H groups in total.